The molecule has 1 aromatic carbocycles. The number of hydrogen-bond acceptors (Lipinski definition) is 5. The van der Waals surface area contributed by atoms with Crippen LogP contribution in [0.25, 0.3) is 16.9 Å². The second kappa shape index (κ2) is 7.25. The number of hydrogen-bond donors (Lipinski definition) is 2. The number of aromatic nitrogens is 4. The predicted octanol–water partition coefficient (Wildman–Crippen LogP) is 2.54. The molecule has 0 bridgehead atoms. The van der Waals surface area contributed by atoms with E-state index in [0.29, 0.717) is 11.4 Å². The van der Waals surface area contributed by atoms with E-state index in [1.165, 1.54) is 0 Å². The van der Waals surface area contributed by atoms with Crippen LogP contribution >= 0.6 is 0 Å². The van der Waals surface area contributed by atoms with Gasteiger partial charge < -0.3 is 11.1 Å². The van der Waals surface area contributed by atoms with Gasteiger partial charge in [0.25, 0.3) is 0 Å². The van der Waals surface area contributed by atoms with E-state index >= 15 is 0 Å². The minimum absolute atomic E-state index is 0.454. The Hall–Kier alpha value is -3.74. The molecule has 0 aliphatic heterocycles. The number of nitrogens with one attached hydrogen (secondary N) is 1. The van der Waals surface area contributed by atoms with Crippen LogP contribution in [0.2, 0.25) is 0 Å². The van der Waals surface area contributed by atoms with Crippen molar-refractivity contribution >= 4 is 17.4 Å². The summed E-state index contributed by atoms with van der Waals surface area (Å²) in [6, 6.07) is 11.2. The maximum absolute atomic E-state index is 11.5. The van der Waals surface area contributed by atoms with Gasteiger partial charge in [-0.3, -0.25) is 14.2 Å². The maximum Gasteiger partial charge on any atom is 0.248 e. The summed E-state index contributed by atoms with van der Waals surface area (Å²) >= 11 is 0. The van der Waals surface area contributed by atoms with Gasteiger partial charge in [-0.1, -0.05) is 18.2 Å². The van der Waals surface area contributed by atoms with Crippen LogP contribution in [0.4, 0.5) is 5.82 Å². The molecule has 7 nitrogen and oxygen atoms in total. The van der Waals surface area contributed by atoms with Crippen LogP contribution in [0.5, 0.6) is 0 Å². The van der Waals surface area contributed by atoms with Gasteiger partial charge in [-0.2, -0.15) is 0 Å². The van der Waals surface area contributed by atoms with Crippen molar-refractivity contribution in [2.75, 3.05) is 11.9 Å². The first-order valence-corrected chi connectivity index (χ1v) is 8.57. The minimum atomic E-state index is -0.454. The Kier molecular flexibility index (Phi) is 4.49. The molecule has 0 aliphatic rings. The molecule has 0 unspecified atom stereocenters. The van der Waals surface area contributed by atoms with Gasteiger partial charge in [0, 0.05) is 42.5 Å². The molecule has 0 fully saturated rings. The lowest BCUT2D eigenvalue weighted by molar-refractivity contribution is 0.100. The maximum atomic E-state index is 11.5. The standard InChI is InChI=1S/C20H18N6O/c21-18(27)16-5-1-4-15(11-16)17-13-25-20-19(24-9-10-26(17)20)23-8-6-14-3-2-7-22-12-14/h1-5,7,9-13H,6,8H2,(H2,21,27)(H,23,24). The Labute approximate surface area is 155 Å². The van der Waals surface area contributed by atoms with E-state index in [1.807, 2.05) is 41.1 Å². The fourth-order valence-electron chi connectivity index (χ4n) is 2.96. The third kappa shape index (κ3) is 3.48. The summed E-state index contributed by atoms with van der Waals surface area (Å²) in [6.07, 6.45) is 9.80. The van der Waals surface area contributed by atoms with Gasteiger partial charge >= 0.3 is 0 Å². The molecule has 7 heteroatoms. The van der Waals surface area contributed by atoms with E-state index < -0.39 is 5.91 Å². The molecule has 0 saturated heterocycles. The van der Waals surface area contributed by atoms with E-state index in [9.17, 15) is 4.79 Å². The smallest absolute Gasteiger partial charge is 0.248 e. The Balaban J connectivity index is 1.60. The zero-order valence-corrected chi connectivity index (χ0v) is 14.5. The van der Waals surface area contributed by atoms with E-state index in [0.717, 1.165) is 35.4 Å². The molecule has 3 heterocycles. The van der Waals surface area contributed by atoms with Crippen LogP contribution in [0, 0.1) is 0 Å². The first-order chi connectivity index (χ1) is 13.2. The van der Waals surface area contributed by atoms with Gasteiger partial charge in [0.15, 0.2) is 11.5 Å². The molecule has 4 rings (SSSR count). The van der Waals surface area contributed by atoms with Crippen molar-refractivity contribution in [1.29, 1.82) is 0 Å². The minimum Gasteiger partial charge on any atom is -0.367 e. The number of nitrogens with two attached hydrogens (primary N) is 1. The van der Waals surface area contributed by atoms with Crippen LogP contribution < -0.4 is 11.1 Å². The lowest BCUT2D eigenvalue weighted by atomic mass is 10.1. The van der Waals surface area contributed by atoms with Crippen molar-refractivity contribution in [3.8, 4) is 11.3 Å². The average Bonchev–Trinajstić information content (AvgIpc) is 3.14. The number of rotatable bonds is 6. The number of carbonyl (C=O) groups excluding carboxylic acids is 1. The van der Waals surface area contributed by atoms with Crippen LogP contribution in [-0.2, 0) is 6.42 Å². The first kappa shape index (κ1) is 16.7. The molecule has 0 aliphatic carbocycles. The highest BCUT2D eigenvalue weighted by Crippen LogP contribution is 2.24. The number of nitrogens with zero attached hydrogens (tertiary/aromatic N) is 4. The molecule has 0 atom stereocenters. The monoisotopic (exact) mass is 358 g/mol. The second-order valence-corrected chi connectivity index (χ2v) is 6.10. The van der Waals surface area contributed by atoms with Gasteiger partial charge in [0.2, 0.25) is 5.91 Å². The van der Waals surface area contributed by atoms with Crippen LogP contribution in [0.3, 0.4) is 0 Å². The Morgan fingerprint density at radius 1 is 1.11 bits per heavy atom. The van der Waals surface area contributed by atoms with Crippen molar-refractivity contribution in [1.82, 2.24) is 19.4 Å². The molecular weight excluding hydrogens is 340 g/mol. The number of primary amides is 1. The van der Waals surface area contributed by atoms with Crippen molar-refractivity contribution in [2.24, 2.45) is 5.73 Å². The number of anilines is 1. The van der Waals surface area contributed by atoms with E-state index in [-0.39, 0.29) is 0 Å². The molecule has 3 aromatic heterocycles. The molecule has 0 spiro atoms. The highest BCUT2D eigenvalue weighted by atomic mass is 16.1. The highest BCUT2D eigenvalue weighted by molar-refractivity contribution is 5.94. The molecule has 0 radical (unpaired) electrons. The summed E-state index contributed by atoms with van der Waals surface area (Å²) in [4.78, 5) is 24.5. The Bertz CT molecular complexity index is 1090. The summed E-state index contributed by atoms with van der Waals surface area (Å²) < 4.78 is 1.94. The third-order valence-corrected chi connectivity index (χ3v) is 4.30. The highest BCUT2D eigenvalue weighted by Gasteiger charge is 2.11. The number of pyridine rings is 1. The average molecular weight is 358 g/mol. The number of fused-ring (bicyclic) bond motifs is 1. The molecule has 134 valence electrons. The van der Waals surface area contributed by atoms with E-state index in [1.54, 1.807) is 30.7 Å². The summed E-state index contributed by atoms with van der Waals surface area (Å²) in [5, 5.41) is 3.33. The first-order valence-electron chi connectivity index (χ1n) is 8.57. The van der Waals surface area contributed by atoms with E-state index in [2.05, 4.69) is 20.3 Å². The largest absolute Gasteiger partial charge is 0.367 e. The normalized spacial score (nSPS) is 10.8. The van der Waals surface area contributed by atoms with E-state index in [4.69, 9.17) is 5.73 Å². The lowest BCUT2D eigenvalue weighted by Crippen LogP contribution is -2.10. The Morgan fingerprint density at radius 3 is 2.85 bits per heavy atom. The fourth-order valence-corrected chi connectivity index (χ4v) is 2.96. The zero-order valence-electron chi connectivity index (χ0n) is 14.5. The quantitative estimate of drug-likeness (QED) is 0.552. The summed E-state index contributed by atoms with van der Waals surface area (Å²) in [5.74, 6) is 0.254. The van der Waals surface area contributed by atoms with Crippen LogP contribution in [0.1, 0.15) is 15.9 Å². The van der Waals surface area contributed by atoms with Crippen molar-refractivity contribution in [3.63, 3.8) is 0 Å². The molecule has 4 aromatic rings. The number of amides is 1. The van der Waals surface area contributed by atoms with Crippen molar-refractivity contribution in [2.45, 2.75) is 6.42 Å². The topological polar surface area (TPSA) is 98.2 Å². The summed E-state index contributed by atoms with van der Waals surface area (Å²) in [5.41, 5.74) is 9.47. The fraction of sp³-hybridized carbons (Fsp3) is 0.100. The molecule has 0 saturated carbocycles. The number of carbonyl (C=O) groups is 1. The van der Waals surface area contributed by atoms with Gasteiger partial charge in [-0.15, -0.1) is 0 Å². The molecular formula is C20H18N6O. The predicted molar refractivity (Wildman–Crippen MR) is 103 cm³/mol. The van der Waals surface area contributed by atoms with Crippen molar-refractivity contribution < 1.29 is 4.79 Å². The second-order valence-electron chi connectivity index (χ2n) is 6.10. The molecule has 27 heavy (non-hydrogen) atoms. The van der Waals surface area contributed by atoms with Gasteiger partial charge in [-0.05, 0) is 30.2 Å². The van der Waals surface area contributed by atoms with Gasteiger partial charge in [0.1, 0.15) is 0 Å². The van der Waals surface area contributed by atoms with Crippen LogP contribution in [-0.4, -0.2) is 31.8 Å². The van der Waals surface area contributed by atoms with Crippen LogP contribution in [0.15, 0.2) is 67.4 Å². The lowest BCUT2D eigenvalue weighted by Gasteiger charge is -2.08. The van der Waals surface area contributed by atoms with Crippen molar-refractivity contribution in [3.05, 3.63) is 78.5 Å². The zero-order chi connectivity index (χ0) is 18.6. The number of benzene rings is 1. The molecule has 3 N–H and O–H groups in total. The Morgan fingerprint density at radius 2 is 2.04 bits per heavy atom. The summed E-state index contributed by atoms with van der Waals surface area (Å²) in [6.45, 7) is 0.720. The summed E-state index contributed by atoms with van der Waals surface area (Å²) in [7, 11) is 0. The third-order valence-electron chi connectivity index (χ3n) is 4.30. The SMILES string of the molecule is NC(=O)c1cccc(-c2cnc3c(NCCc4cccnc4)nccn23)c1. The van der Waals surface area contributed by atoms with Gasteiger partial charge in [0.05, 0.1) is 11.9 Å². The van der Waals surface area contributed by atoms with Gasteiger partial charge in [-0.25, -0.2) is 9.97 Å². The molecule has 1 amide bonds. The number of imidazole rings is 1.